The maximum absolute atomic E-state index is 10.9. The largest absolute Gasteiger partial charge is 0.389 e. The predicted molar refractivity (Wildman–Crippen MR) is 64.4 cm³/mol. The van der Waals surface area contributed by atoms with Crippen molar-refractivity contribution in [2.24, 2.45) is 5.92 Å². The lowest BCUT2D eigenvalue weighted by molar-refractivity contribution is -0.155. The summed E-state index contributed by atoms with van der Waals surface area (Å²) in [5, 5.41) is 10.9. The minimum Gasteiger partial charge on any atom is -0.389 e. The van der Waals surface area contributed by atoms with Crippen LogP contribution >= 0.6 is 0 Å². The van der Waals surface area contributed by atoms with Crippen LogP contribution in [-0.2, 0) is 4.74 Å². The zero-order valence-corrected chi connectivity index (χ0v) is 10.8. The molecule has 2 bridgehead atoms. The monoisotopic (exact) mass is 227 g/mol. The van der Waals surface area contributed by atoms with Crippen LogP contribution in [0.15, 0.2) is 0 Å². The third kappa shape index (κ3) is 2.01. The number of rotatable bonds is 3. The number of aliphatic hydroxyl groups is 1. The Labute approximate surface area is 98.8 Å². The first-order valence-electron chi connectivity index (χ1n) is 6.62. The number of hydrogen-bond donors (Lipinski definition) is 1. The van der Waals surface area contributed by atoms with E-state index in [1.165, 1.54) is 0 Å². The molecule has 2 aliphatic rings. The smallest absolute Gasteiger partial charge is 0.0707 e. The van der Waals surface area contributed by atoms with Crippen molar-refractivity contribution in [2.45, 2.75) is 57.2 Å². The highest BCUT2D eigenvalue weighted by atomic mass is 16.5. The van der Waals surface area contributed by atoms with Gasteiger partial charge in [-0.05, 0) is 25.8 Å². The van der Waals surface area contributed by atoms with E-state index >= 15 is 0 Å². The molecule has 2 fully saturated rings. The highest BCUT2D eigenvalue weighted by Gasteiger charge is 2.47. The van der Waals surface area contributed by atoms with Crippen LogP contribution < -0.4 is 0 Å². The van der Waals surface area contributed by atoms with Crippen LogP contribution in [-0.4, -0.2) is 48.0 Å². The molecule has 0 aromatic carbocycles. The van der Waals surface area contributed by atoms with E-state index in [2.05, 4.69) is 25.8 Å². The Bertz CT molecular complexity index is 226. The summed E-state index contributed by atoms with van der Waals surface area (Å²) in [6.45, 7) is 5.96. The average molecular weight is 227 g/mol. The summed E-state index contributed by atoms with van der Waals surface area (Å²) < 4.78 is 5.59. The van der Waals surface area contributed by atoms with Gasteiger partial charge in [0.1, 0.15) is 0 Å². The van der Waals surface area contributed by atoms with E-state index in [1.54, 1.807) is 0 Å². The van der Waals surface area contributed by atoms with E-state index in [4.69, 9.17) is 4.74 Å². The maximum atomic E-state index is 10.9. The second-order valence-electron chi connectivity index (χ2n) is 5.54. The first-order valence-corrected chi connectivity index (χ1v) is 6.62. The van der Waals surface area contributed by atoms with E-state index in [0.717, 1.165) is 38.9 Å². The molecule has 2 heterocycles. The quantitative estimate of drug-likeness (QED) is 0.795. The number of nitrogens with zero attached hydrogens (tertiary/aromatic N) is 1. The molecule has 0 aromatic rings. The van der Waals surface area contributed by atoms with Crippen molar-refractivity contribution in [1.29, 1.82) is 0 Å². The second-order valence-corrected chi connectivity index (χ2v) is 5.54. The van der Waals surface area contributed by atoms with Gasteiger partial charge in [0, 0.05) is 12.1 Å². The van der Waals surface area contributed by atoms with Crippen molar-refractivity contribution in [3.8, 4) is 0 Å². The molecular formula is C13H25NO2. The van der Waals surface area contributed by atoms with Crippen LogP contribution in [0.3, 0.4) is 0 Å². The van der Waals surface area contributed by atoms with E-state index < -0.39 is 5.60 Å². The van der Waals surface area contributed by atoms with E-state index in [-0.39, 0.29) is 0 Å². The molecule has 2 rings (SSSR count). The van der Waals surface area contributed by atoms with Gasteiger partial charge in [0.05, 0.1) is 18.8 Å². The first-order chi connectivity index (χ1) is 7.60. The highest BCUT2D eigenvalue weighted by Crippen LogP contribution is 2.40. The van der Waals surface area contributed by atoms with Crippen LogP contribution in [0.1, 0.15) is 39.5 Å². The van der Waals surface area contributed by atoms with Gasteiger partial charge in [0.15, 0.2) is 0 Å². The van der Waals surface area contributed by atoms with Gasteiger partial charge in [-0.2, -0.15) is 0 Å². The zero-order valence-electron chi connectivity index (χ0n) is 10.8. The fourth-order valence-electron chi connectivity index (χ4n) is 3.56. The minimum absolute atomic E-state index is 0.415. The standard InChI is InChI=1S/C13H25NO2/c1-4-10(5-2)13(15)6-11-8-16-9-12(7-13)14(11)3/h10-12,15H,4-9H2,1-3H3. The number of fused-ring (bicyclic) bond motifs is 2. The zero-order chi connectivity index (χ0) is 11.8. The number of likely N-dealkylation sites (N-methyl/N-ethyl adjacent to an activating group) is 1. The number of ether oxygens (including phenoxy) is 1. The Balaban J connectivity index is 2.13. The Hall–Kier alpha value is -0.120. The van der Waals surface area contributed by atoms with Crippen molar-refractivity contribution < 1.29 is 9.84 Å². The Morgan fingerprint density at radius 1 is 1.25 bits per heavy atom. The molecule has 0 aliphatic carbocycles. The molecule has 3 heteroatoms. The highest BCUT2D eigenvalue weighted by molar-refractivity contribution is 5.00. The topological polar surface area (TPSA) is 32.7 Å². The van der Waals surface area contributed by atoms with Crippen LogP contribution in [0, 0.1) is 5.92 Å². The molecule has 16 heavy (non-hydrogen) atoms. The van der Waals surface area contributed by atoms with Gasteiger partial charge in [-0.15, -0.1) is 0 Å². The molecule has 2 aliphatic heterocycles. The van der Waals surface area contributed by atoms with E-state index in [9.17, 15) is 5.11 Å². The van der Waals surface area contributed by atoms with Crippen molar-refractivity contribution in [3.63, 3.8) is 0 Å². The fraction of sp³-hybridized carbons (Fsp3) is 1.00. The fourth-order valence-corrected chi connectivity index (χ4v) is 3.56. The number of morpholine rings is 1. The molecule has 0 radical (unpaired) electrons. The summed E-state index contributed by atoms with van der Waals surface area (Å²) in [5.74, 6) is 0.448. The van der Waals surface area contributed by atoms with Crippen LogP contribution in [0.4, 0.5) is 0 Å². The minimum atomic E-state index is -0.449. The molecule has 2 atom stereocenters. The summed E-state index contributed by atoms with van der Waals surface area (Å²) in [5.41, 5.74) is -0.449. The molecule has 0 amide bonds. The maximum Gasteiger partial charge on any atom is 0.0707 e. The van der Waals surface area contributed by atoms with Crippen LogP contribution in [0.5, 0.6) is 0 Å². The lowest BCUT2D eigenvalue weighted by Crippen LogP contribution is -2.62. The molecule has 0 aromatic heterocycles. The van der Waals surface area contributed by atoms with Crippen LogP contribution in [0.2, 0.25) is 0 Å². The number of hydrogen-bond acceptors (Lipinski definition) is 3. The van der Waals surface area contributed by atoms with Gasteiger partial charge in [0.2, 0.25) is 0 Å². The molecule has 1 N–H and O–H groups in total. The lowest BCUT2D eigenvalue weighted by atomic mass is 9.71. The van der Waals surface area contributed by atoms with Crippen molar-refractivity contribution >= 4 is 0 Å². The van der Waals surface area contributed by atoms with Gasteiger partial charge in [0.25, 0.3) is 0 Å². The van der Waals surface area contributed by atoms with Gasteiger partial charge in [-0.25, -0.2) is 0 Å². The Kier molecular flexibility index (Phi) is 3.57. The van der Waals surface area contributed by atoms with Gasteiger partial charge in [-0.3, -0.25) is 4.90 Å². The predicted octanol–water partition coefficient (Wildman–Crippen LogP) is 1.65. The van der Waals surface area contributed by atoms with Crippen molar-refractivity contribution in [3.05, 3.63) is 0 Å². The molecule has 94 valence electrons. The van der Waals surface area contributed by atoms with Gasteiger partial charge >= 0.3 is 0 Å². The first kappa shape index (κ1) is 12.3. The Morgan fingerprint density at radius 3 is 2.19 bits per heavy atom. The molecule has 0 spiro atoms. The molecule has 2 unspecified atom stereocenters. The Morgan fingerprint density at radius 2 is 1.75 bits per heavy atom. The third-order valence-electron chi connectivity index (χ3n) is 4.70. The summed E-state index contributed by atoms with van der Waals surface area (Å²) in [6, 6.07) is 0.830. The summed E-state index contributed by atoms with van der Waals surface area (Å²) in [6.07, 6.45) is 3.92. The van der Waals surface area contributed by atoms with E-state index in [1.807, 2.05) is 0 Å². The lowest BCUT2D eigenvalue weighted by Gasteiger charge is -2.52. The molecule has 0 saturated carbocycles. The summed E-state index contributed by atoms with van der Waals surface area (Å²) >= 11 is 0. The number of piperidine rings is 1. The second kappa shape index (κ2) is 4.63. The van der Waals surface area contributed by atoms with Gasteiger partial charge in [-0.1, -0.05) is 26.7 Å². The summed E-state index contributed by atoms with van der Waals surface area (Å²) in [4.78, 5) is 2.40. The molecule has 3 nitrogen and oxygen atoms in total. The normalized spacial score (nSPS) is 40.3. The van der Waals surface area contributed by atoms with Crippen LogP contribution in [0.25, 0.3) is 0 Å². The molecular weight excluding hydrogens is 202 g/mol. The van der Waals surface area contributed by atoms with Crippen molar-refractivity contribution in [1.82, 2.24) is 4.90 Å². The SMILES string of the molecule is CCC(CC)C1(O)CC2COCC(C1)N2C. The average Bonchev–Trinajstić information content (AvgIpc) is 2.22. The third-order valence-corrected chi connectivity index (χ3v) is 4.70. The van der Waals surface area contributed by atoms with E-state index in [0.29, 0.717) is 18.0 Å². The summed E-state index contributed by atoms with van der Waals surface area (Å²) in [7, 11) is 2.17. The van der Waals surface area contributed by atoms with Gasteiger partial charge < -0.3 is 9.84 Å². The van der Waals surface area contributed by atoms with Crippen molar-refractivity contribution in [2.75, 3.05) is 20.3 Å². The molecule has 2 saturated heterocycles.